The van der Waals surface area contributed by atoms with Crippen LogP contribution in [0.2, 0.25) is 0 Å². The van der Waals surface area contributed by atoms with Gasteiger partial charge < -0.3 is 9.73 Å². The van der Waals surface area contributed by atoms with Crippen LogP contribution in [-0.4, -0.2) is 18.0 Å². The average molecular weight is 287 g/mol. The summed E-state index contributed by atoms with van der Waals surface area (Å²) in [5, 5.41) is 6.53. The SMILES string of the molecule is O=C(CCC(=O)NC1=CC=CCC1)N/N=C/c1ccco1. The Hall–Kier alpha value is -2.63. The molecular weight excluding hydrogens is 270 g/mol. The van der Waals surface area contributed by atoms with Crippen LogP contribution >= 0.6 is 0 Å². The molecule has 2 N–H and O–H groups in total. The molecular formula is C15H17N3O3. The maximum atomic E-state index is 11.7. The third kappa shape index (κ3) is 5.48. The van der Waals surface area contributed by atoms with E-state index in [0.29, 0.717) is 5.76 Å². The van der Waals surface area contributed by atoms with Gasteiger partial charge in [0, 0.05) is 18.5 Å². The van der Waals surface area contributed by atoms with Crippen LogP contribution < -0.4 is 10.7 Å². The van der Waals surface area contributed by atoms with Gasteiger partial charge in [0.15, 0.2) is 0 Å². The fourth-order valence-corrected chi connectivity index (χ4v) is 1.76. The second-order valence-corrected chi connectivity index (χ2v) is 4.52. The Labute approximate surface area is 122 Å². The third-order valence-corrected chi connectivity index (χ3v) is 2.82. The maximum Gasteiger partial charge on any atom is 0.240 e. The van der Waals surface area contributed by atoms with E-state index < -0.39 is 0 Å². The Morgan fingerprint density at radius 1 is 1.33 bits per heavy atom. The summed E-state index contributed by atoms with van der Waals surface area (Å²) in [5.41, 5.74) is 3.23. The van der Waals surface area contributed by atoms with E-state index in [4.69, 9.17) is 4.42 Å². The van der Waals surface area contributed by atoms with Gasteiger partial charge in [0.25, 0.3) is 0 Å². The molecule has 21 heavy (non-hydrogen) atoms. The molecule has 0 radical (unpaired) electrons. The van der Waals surface area contributed by atoms with Crippen molar-refractivity contribution in [3.8, 4) is 0 Å². The summed E-state index contributed by atoms with van der Waals surface area (Å²) < 4.78 is 5.02. The van der Waals surface area contributed by atoms with Crippen LogP contribution in [0.1, 0.15) is 31.4 Å². The molecule has 0 fully saturated rings. The number of furan rings is 1. The first-order valence-corrected chi connectivity index (χ1v) is 6.75. The summed E-state index contributed by atoms with van der Waals surface area (Å²) in [6.45, 7) is 0. The lowest BCUT2D eigenvalue weighted by Gasteiger charge is -2.10. The van der Waals surface area contributed by atoms with Crippen molar-refractivity contribution in [2.45, 2.75) is 25.7 Å². The molecule has 1 aliphatic carbocycles. The minimum Gasteiger partial charge on any atom is -0.463 e. The predicted octanol–water partition coefficient (Wildman–Crippen LogP) is 1.86. The van der Waals surface area contributed by atoms with Gasteiger partial charge in [-0.3, -0.25) is 9.59 Å². The Kier molecular flexibility index (Phi) is 5.51. The van der Waals surface area contributed by atoms with Crippen molar-refractivity contribution in [2.24, 2.45) is 5.10 Å². The first-order valence-electron chi connectivity index (χ1n) is 6.75. The number of nitrogens with zero attached hydrogens (tertiary/aromatic N) is 1. The number of amides is 2. The van der Waals surface area contributed by atoms with E-state index in [9.17, 15) is 9.59 Å². The van der Waals surface area contributed by atoms with Gasteiger partial charge in [-0.2, -0.15) is 5.10 Å². The van der Waals surface area contributed by atoms with Crippen molar-refractivity contribution >= 4 is 18.0 Å². The smallest absolute Gasteiger partial charge is 0.240 e. The lowest BCUT2D eigenvalue weighted by Crippen LogP contribution is -2.25. The molecule has 2 amide bonds. The van der Waals surface area contributed by atoms with E-state index in [0.717, 1.165) is 18.5 Å². The molecule has 0 saturated heterocycles. The van der Waals surface area contributed by atoms with E-state index in [1.165, 1.54) is 12.5 Å². The lowest BCUT2D eigenvalue weighted by atomic mass is 10.1. The first-order chi connectivity index (χ1) is 10.2. The topological polar surface area (TPSA) is 83.7 Å². The van der Waals surface area contributed by atoms with E-state index in [-0.39, 0.29) is 24.7 Å². The standard InChI is InChI=1S/C15H17N3O3/c19-14(17-12-5-2-1-3-6-12)8-9-15(20)18-16-11-13-7-4-10-21-13/h1-2,4-5,7,10-11H,3,6,8-9H2,(H,17,19)(H,18,20)/b16-11+. The summed E-state index contributed by atoms with van der Waals surface area (Å²) in [7, 11) is 0. The fraction of sp³-hybridized carbons (Fsp3) is 0.267. The van der Waals surface area contributed by atoms with E-state index in [1.54, 1.807) is 12.1 Å². The number of nitrogens with one attached hydrogen (secondary N) is 2. The van der Waals surface area contributed by atoms with Gasteiger partial charge in [-0.1, -0.05) is 12.2 Å². The number of allylic oxidation sites excluding steroid dienone is 4. The normalized spacial score (nSPS) is 14.0. The van der Waals surface area contributed by atoms with E-state index in [2.05, 4.69) is 15.8 Å². The van der Waals surface area contributed by atoms with Gasteiger partial charge >= 0.3 is 0 Å². The van der Waals surface area contributed by atoms with Crippen molar-refractivity contribution < 1.29 is 14.0 Å². The molecule has 110 valence electrons. The van der Waals surface area contributed by atoms with Crippen LogP contribution in [0.4, 0.5) is 0 Å². The van der Waals surface area contributed by atoms with Crippen LogP contribution in [0.25, 0.3) is 0 Å². The fourth-order valence-electron chi connectivity index (χ4n) is 1.76. The maximum absolute atomic E-state index is 11.7. The zero-order valence-electron chi connectivity index (χ0n) is 11.5. The van der Waals surface area contributed by atoms with Crippen LogP contribution in [0.3, 0.4) is 0 Å². The molecule has 0 aliphatic heterocycles. The molecule has 0 atom stereocenters. The summed E-state index contributed by atoms with van der Waals surface area (Å²) in [4.78, 5) is 23.2. The zero-order valence-corrected chi connectivity index (χ0v) is 11.5. The number of hydrogen-bond donors (Lipinski definition) is 2. The van der Waals surface area contributed by atoms with Gasteiger partial charge in [0.05, 0.1) is 12.5 Å². The molecule has 2 rings (SSSR count). The highest BCUT2D eigenvalue weighted by atomic mass is 16.3. The highest BCUT2D eigenvalue weighted by molar-refractivity contribution is 5.85. The zero-order chi connectivity index (χ0) is 14.9. The van der Waals surface area contributed by atoms with Gasteiger partial charge in [0.2, 0.25) is 11.8 Å². The second kappa shape index (κ2) is 7.84. The Morgan fingerprint density at radius 2 is 2.19 bits per heavy atom. The van der Waals surface area contributed by atoms with Crippen LogP contribution in [-0.2, 0) is 9.59 Å². The van der Waals surface area contributed by atoms with Crippen LogP contribution in [0.5, 0.6) is 0 Å². The predicted molar refractivity (Wildman–Crippen MR) is 78.3 cm³/mol. The molecule has 1 aliphatic rings. The Morgan fingerprint density at radius 3 is 2.90 bits per heavy atom. The average Bonchev–Trinajstić information content (AvgIpc) is 2.99. The molecule has 0 aromatic carbocycles. The largest absolute Gasteiger partial charge is 0.463 e. The lowest BCUT2D eigenvalue weighted by molar-refractivity contribution is -0.126. The van der Waals surface area contributed by atoms with Gasteiger partial charge in [-0.25, -0.2) is 5.43 Å². The number of rotatable bonds is 6. The van der Waals surface area contributed by atoms with Gasteiger partial charge in [0.1, 0.15) is 5.76 Å². The highest BCUT2D eigenvalue weighted by Crippen LogP contribution is 2.08. The molecule has 6 heteroatoms. The van der Waals surface area contributed by atoms with Crippen LogP contribution in [0.15, 0.2) is 51.8 Å². The second-order valence-electron chi connectivity index (χ2n) is 4.52. The van der Waals surface area contributed by atoms with E-state index >= 15 is 0 Å². The molecule has 0 bridgehead atoms. The summed E-state index contributed by atoms with van der Waals surface area (Å²) >= 11 is 0. The quantitative estimate of drug-likeness (QED) is 0.618. The molecule has 6 nitrogen and oxygen atoms in total. The Bertz CT molecular complexity index is 571. The van der Waals surface area contributed by atoms with Crippen LogP contribution in [0, 0.1) is 0 Å². The molecule has 1 aromatic heterocycles. The molecule has 1 aromatic rings. The van der Waals surface area contributed by atoms with Crippen molar-refractivity contribution in [1.29, 1.82) is 0 Å². The summed E-state index contributed by atoms with van der Waals surface area (Å²) in [6, 6.07) is 3.44. The number of hydrogen-bond acceptors (Lipinski definition) is 4. The number of carbonyl (C=O) groups is 2. The monoisotopic (exact) mass is 287 g/mol. The highest BCUT2D eigenvalue weighted by Gasteiger charge is 2.08. The first kappa shape index (κ1) is 14.8. The van der Waals surface area contributed by atoms with Crippen molar-refractivity contribution in [1.82, 2.24) is 10.7 Å². The Balaban J connectivity index is 1.65. The molecule has 0 spiro atoms. The third-order valence-electron chi connectivity index (χ3n) is 2.82. The molecule has 0 saturated carbocycles. The van der Waals surface area contributed by atoms with Gasteiger partial charge in [-0.15, -0.1) is 0 Å². The molecule has 0 unspecified atom stereocenters. The molecule has 1 heterocycles. The number of hydrazone groups is 1. The van der Waals surface area contributed by atoms with E-state index in [1.807, 2.05) is 18.2 Å². The minimum absolute atomic E-state index is 0.0877. The van der Waals surface area contributed by atoms with Gasteiger partial charge in [-0.05, 0) is 31.1 Å². The number of carbonyl (C=O) groups excluding carboxylic acids is 2. The summed E-state index contributed by atoms with van der Waals surface area (Å²) in [6.07, 6.45) is 10.7. The van der Waals surface area contributed by atoms with Crippen molar-refractivity contribution in [2.75, 3.05) is 0 Å². The van der Waals surface area contributed by atoms with Crippen molar-refractivity contribution in [3.63, 3.8) is 0 Å². The van der Waals surface area contributed by atoms with Crippen molar-refractivity contribution in [3.05, 3.63) is 48.1 Å². The summed E-state index contributed by atoms with van der Waals surface area (Å²) in [5.74, 6) is 0.0672. The minimum atomic E-state index is -0.314.